The first-order valence-electron chi connectivity index (χ1n) is 18.0. The third kappa shape index (κ3) is 6.73. The van der Waals surface area contributed by atoms with E-state index in [1.165, 1.54) is 22.9 Å². The average molecular weight is 769 g/mol. The zero-order chi connectivity index (χ0) is 36.5. The molecule has 266 valence electrons. The average Bonchev–Trinajstić information content (AvgIpc) is 3.17. The second-order valence-electron chi connectivity index (χ2n) is 13.5. The number of carbonyl (C=O) groups is 3. The van der Waals surface area contributed by atoms with E-state index in [1.54, 1.807) is 12.1 Å². The van der Waals surface area contributed by atoms with E-state index in [-0.39, 0.29) is 17.4 Å². The summed E-state index contributed by atoms with van der Waals surface area (Å²) in [6, 6.07) is 37.3. The molecular weight excluding hydrogens is 730 g/mol. The number of imide groups is 2. The number of amides is 4. The highest BCUT2D eigenvalue weighted by Gasteiger charge is 2.40. The predicted molar refractivity (Wildman–Crippen MR) is 210 cm³/mol. The zero-order valence-electron chi connectivity index (χ0n) is 29.3. The fraction of sp³-hybridized carbons (Fsp3) is 0.205. The number of hydrogen-bond donors (Lipinski definition) is 1. The Morgan fingerprint density at radius 2 is 1.36 bits per heavy atom. The van der Waals surface area contributed by atoms with Crippen LogP contribution in [0, 0.1) is 0 Å². The van der Waals surface area contributed by atoms with Crippen LogP contribution < -0.4 is 24.6 Å². The number of ether oxygens (including phenoxy) is 2. The van der Waals surface area contributed by atoms with Gasteiger partial charge in [0.15, 0.2) is 11.5 Å². The minimum Gasteiger partial charge on any atom is -0.490 e. The van der Waals surface area contributed by atoms with E-state index >= 15 is 0 Å². The van der Waals surface area contributed by atoms with Crippen molar-refractivity contribution in [1.82, 2.24) is 5.32 Å². The van der Waals surface area contributed by atoms with Crippen LogP contribution in [0.5, 0.6) is 11.5 Å². The van der Waals surface area contributed by atoms with E-state index in [4.69, 9.17) is 9.47 Å². The second-order valence-corrected chi connectivity index (χ2v) is 14.3. The second kappa shape index (κ2) is 14.8. The summed E-state index contributed by atoms with van der Waals surface area (Å²) in [5.74, 6) is -0.338. The zero-order valence-corrected chi connectivity index (χ0v) is 30.8. The van der Waals surface area contributed by atoms with Crippen LogP contribution in [0.1, 0.15) is 65.0 Å². The molecule has 0 bridgehead atoms. The fourth-order valence-corrected chi connectivity index (χ4v) is 8.41. The highest BCUT2D eigenvalue weighted by atomic mass is 79.9. The van der Waals surface area contributed by atoms with E-state index in [0.717, 1.165) is 47.5 Å². The third-order valence-corrected chi connectivity index (χ3v) is 10.8. The van der Waals surface area contributed by atoms with Gasteiger partial charge in [-0.15, -0.1) is 0 Å². The van der Waals surface area contributed by atoms with E-state index in [9.17, 15) is 14.4 Å². The summed E-state index contributed by atoms with van der Waals surface area (Å²) < 4.78 is 12.7. The van der Waals surface area contributed by atoms with Gasteiger partial charge in [-0.3, -0.25) is 14.9 Å². The van der Waals surface area contributed by atoms with E-state index < -0.39 is 17.8 Å². The molecule has 0 aromatic heterocycles. The largest absolute Gasteiger partial charge is 0.490 e. The van der Waals surface area contributed by atoms with Gasteiger partial charge in [-0.05, 0) is 99.4 Å². The lowest BCUT2D eigenvalue weighted by molar-refractivity contribution is -0.122. The van der Waals surface area contributed by atoms with Crippen LogP contribution in [0.25, 0.3) is 6.08 Å². The lowest BCUT2D eigenvalue weighted by Gasteiger charge is -2.44. The van der Waals surface area contributed by atoms with Crippen molar-refractivity contribution in [3.8, 4) is 11.5 Å². The van der Waals surface area contributed by atoms with Crippen molar-refractivity contribution in [1.29, 1.82) is 0 Å². The summed E-state index contributed by atoms with van der Waals surface area (Å²) in [5, 5.41) is 2.44. The van der Waals surface area contributed by atoms with Gasteiger partial charge in [0.05, 0.1) is 16.8 Å². The molecule has 3 aliphatic rings. The SMILES string of the molecule is CCOc1cc(/C=C2\C(=O)NC(=O)N(c3cc4c5c(c3)[C@H](c3ccccc3)CCN5CC[C@H]4c3ccccc3)C2=O)cc(Br)c1OCc1ccccc1. The Morgan fingerprint density at radius 3 is 1.94 bits per heavy atom. The van der Waals surface area contributed by atoms with Crippen molar-refractivity contribution in [3.05, 3.63) is 159 Å². The molecule has 0 aliphatic carbocycles. The molecule has 1 fully saturated rings. The molecule has 5 aromatic rings. The number of benzene rings is 5. The minimum atomic E-state index is -0.777. The van der Waals surface area contributed by atoms with Crippen molar-refractivity contribution < 1.29 is 23.9 Å². The van der Waals surface area contributed by atoms with Gasteiger partial charge in [-0.1, -0.05) is 91.0 Å². The fourth-order valence-electron chi connectivity index (χ4n) is 7.83. The molecule has 0 saturated carbocycles. The van der Waals surface area contributed by atoms with E-state index in [0.29, 0.717) is 40.4 Å². The molecule has 0 radical (unpaired) electrons. The lowest BCUT2D eigenvalue weighted by Crippen LogP contribution is -2.54. The number of halogens is 1. The molecule has 3 aliphatic heterocycles. The Bertz CT molecular complexity index is 2150. The third-order valence-electron chi connectivity index (χ3n) is 10.2. The van der Waals surface area contributed by atoms with Gasteiger partial charge in [0.1, 0.15) is 12.2 Å². The normalized spacial score (nSPS) is 18.8. The first-order chi connectivity index (χ1) is 25.9. The molecule has 5 aromatic carbocycles. The van der Waals surface area contributed by atoms with Crippen LogP contribution in [-0.4, -0.2) is 37.5 Å². The van der Waals surface area contributed by atoms with Crippen LogP contribution in [0.4, 0.5) is 16.2 Å². The lowest BCUT2D eigenvalue weighted by atomic mass is 9.76. The first-order valence-corrected chi connectivity index (χ1v) is 18.8. The van der Waals surface area contributed by atoms with Gasteiger partial charge in [-0.2, -0.15) is 0 Å². The summed E-state index contributed by atoms with van der Waals surface area (Å²) in [5.41, 5.74) is 7.51. The predicted octanol–water partition coefficient (Wildman–Crippen LogP) is 8.97. The Balaban J connectivity index is 1.20. The van der Waals surface area contributed by atoms with Gasteiger partial charge in [-0.25, -0.2) is 9.69 Å². The monoisotopic (exact) mass is 767 g/mol. The maximum atomic E-state index is 14.4. The number of nitrogens with zero attached hydrogens (tertiary/aromatic N) is 2. The van der Waals surface area contributed by atoms with Gasteiger partial charge >= 0.3 is 6.03 Å². The van der Waals surface area contributed by atoms with Crippen molar-refractivity contribution in [2.24, 2.45) is 0 Å². The summed E-state index contributed by atoms with van der Waals surface area (Å²) in [6.07, 6.45) is 3.30. The van der Waals surface area contributed by atoms with Crippen molar-refractivity contribution in [2.45, 2.75) is 38.2 Å². The van der Waals surface area contributed by atoms with Crippen LogP contribution in [0.3, 0.4) is 0 Å². The van der Waals surface area contributed by atoms with Gasteiger partial charge < -0.3 is 14.4 Å². The quantitative estimate of drug-likeness (QED) is 0.119. The maximum absolute atomic E-state index is 14.4. The molecule has 0 unspecified atom stereocenters. The van der Waals surface area contributed by atoms with Crippen LogP contribution >= 0.6 is 15.9 Å². The van der Waals surface area contributed by atoms with Crippen LogP contribution in [-0.2, 0) is 16.2 Å². The maximum Gasteiger partial charge on any atom is 0.335 e. The Kier molecular flexibility index (Phi) is 9.58. The highest BCUT2D eigenvalue weighted by Crippen LogP contribution is 2.50. The molecular formula is C44H38BrN3O5. The molecule has 4 amide bonds. The van der Waals surface area contributed by atoms with Gasteiger partial charge in [0, 0.05) is 30.6 Å². The van der Waals surface area contributed by atoms with Gasteiger partial charge in [0.25, 0.3) is 11.8 Å². The molecule has 8 rings (SSSR count). The Morgan fingerprint density at radius 1 is 0.774 bits per heavy atom. The van der Waals surface area contributed by atoms with Crippen molar-refractivity contribution in [2.75, 3.05) is 29.5 Å². The summed E-state index contributed by atoms with van der Waals surface area (Å²) in [7, 11) is 0. The number of carbonyl (C=O) groups excluding carboxylic acids is 3. The van der Waals surface area contributed by atoms with Crippen molar-refractivity contribution >= 4 is 51.2 Å². The summed E-state index contributed by atoms with van der Waals surface area (Å²) >= 11 is 3.62. The topological polar surface area (TPSA) is 88.2 Å². The number of hydrogen-bond acceptors (Lipinski definition) is 6. The molecule has 53 heavy (non-hydrogen) atoms. The summed E-state index contributed by atoms with van der Waals surface area (Å²) in [4.78, 5) is 45.0. The molecule has 9 heteroatoms. The smallest absolute Gasteiger partial charge is 0.335 e. The first kappa shape index (κ1) is 34.4. The van der Waals surface area contributed by atoms with Gasteiger partial charge in [0.2, 0.25) is 0 Å². The number of rotatable bonds is 9. The number of nitrogens with one attached hydrogen (secondary N) is 1. The van der Waals surface area contributed by atoms with Crippen molar-refractivity contribution in [3.63, 3.8) is 0 Å². The molecule has 2 atom stereocenters. The van der Waals surface area contributed by atoms with E-state index in [1.807, 2.05) is 85.8 Å². The summed E-state index contributed by atoms with van der Waals surface area (Å²) in [6.45, 7) is 4.41. The van der Waals surface area contributed by atoms with Crippen LogP contribution in [0.2, 0.25) is 0 Å². The number of barbiturate groups is 1. The number of anilines is 2. The molecule has 1 saturated heterocycles. The Hall–Kier alpha value is -5.67. The molecule has 3 heterocycles. The molecule has 0 spiro atoms. The van der Waals surface area contributed by atoms with Crippen LogP contribution in [0.15, 0.2) is 125 Å². The van der Waals surface area contributed by atoms with E-state index in [2.05, 4.69) is 50.4 Å². The molecule has 8 nitrogen and oxygen atoms in total. The standard InChI is InChI=1S/C44H38BrN3O5/c1-2-52-39-24-29(23-38(45)41(39)53-27-28-12-6-3-7-13-28)22-37-42(49)46-44(51)48(43(37)50)32-25-35-33(30-14-8-4-9-15-30)18-20-47-21-19-34(36(26-32)40(35)47)31-16-10-5-11-17-31/h3-17,22-26,33-34H,2,18-21,27H2,1H3,(H,46,49,51)/b37-22+/t33-,34-/m0/s1. The molecule has 1 N–H and O–H groups in total. The number of urea groups is 1. The Labute approximate surface area is 317 Å². The highest BCUT2D eigenvalue weighted by molar-refractivity contribution is 9.10. The minimum absolute atomic E-state index is 0.0761.